The van der Waals surface area contributed by atoms with Gasteiger partial charge in [-0.05, 0) is 68.2 Å². The molecule has 4 rings (SSSR count). The number of aliphatic carboxylic acids is 1. The standard InChI is InChI=1S/C24H26N2O3/c1-2-29-21-9-7-17(8-10-21)23(26-13-11-18(12-14-26)24(27)28)20-15-19-5-3-4-6-22(19)25-16-20/h3-10,15-16,18,23H,2,11-14H2,1H3,(H,27,28). The number of ether oxygens (including phenoxy) is 1. The van der Waals surface area contributed by atoms with E-state index in [0.29, 0.717) is 19.4 Å². The highest BCUT2D eigenvalue weighted by Gasteiger charge is 2.30. The summed E-state index contributed by atoms with van der Waals surface area (Å²) in [5, 5.41) is 10.5. The lowest BCUT2D eigenvalue weighted by Gasteiger charge is -2.37. The number of carbonyl (C=O) groups is 1. The maximum absolute atomic E-state index is 11.4. The molecule has 1 unspecified atom stereocenters. The largest absolute Gasteiger partial charge is 0.494 e. The van der Waals surface area contributed by atoms with Gasteiger partial charge in [-0.2, -0.15) is 0 Å². The number of piperidine rings is 1. The molecule has 0 amide bonds. The maximum Gasteiger partial charge on any atom is 0.306 e. The zero-order chi connectivity index (χ0) is 20.2. The predicted molar refractivity (Wildman–Crippen MR) is 113 cm³/mol. The highest BCUT2D eigenvalue weighted by atomic mass is 16.5. The van der Waals surface area contributed by atoms with Crippen LogP contribution < -0.4 is 4.74 Å². The molecule has 1 N–H and O–H groups in total. The molecule has 1 aliphatic heterocycles. The van der Waals surface area contributed by atoms with Gasteiger partial charge in [0.15, 0.2) is 0 Å². The van der Waals surface area contributed by atoms with Crippen LogP contribution in [0.2, 0.25) is 0 Å². The molecule has 1 saturated heterocycles. The van der Waals surface area contributed by atoms with E-state index in [4.69, 9.17) is 4.74 Å². The molecular formula is C24H26N2O3. The van der Waals surface area contributed by atoms with Crippen molar-refractivity contribution in [1.82, 2.24) is 9.88 Å². The smallest absolute Gasteiger partial charge is 0.306 e. The van der Waals surface area contributed by atoms with Crippen LogP contribution in [0.1, 0.15) is 36.9 Å². The molecule has 5 nitrogen and oxygen atoms in total. The van der Waals surface area contributed by atoms with E-state index in [2.05, 4.69) is 34.1 Å². The first-order chi connectivity index (χ1) is 14.2. The van der Waals surface area contributed by atoms with E-state index in [9.17, 15) is 9.90 Å². The zero-order valence-electron chi connectivity index (χ0n) is 16.6. The van der Waals surface area contributed by atoms with Crippen molar-refractivity contribution in [2.45, 2.75) is 25.8 Å². The number of hydrogen-bond acceptors (Lipinski definition) is 4. The minimum Gasteiger partial charge on any atom is -0.494 e. The summed E-state index contributed by atoms with van der Waals surface area (Å²) in [5.41, 5.74) is 3.27. The average molecular weight is 390 g/mol. The minimum atomic E-state index is -0.686. The Morgan fingerprint density at radius 1 is 1.14 bits per heavy atom. The highest BCUT2D eigenvalue weighted by Crippen LogP contribution is 2.34. The van der Waals surface area contributed by atoms with Crippen molar-refractivity contribution in [2.75, 3.05) is 19.7 Å². The fraction of sp³-hybridized carbons (Fsp3) is 0.333. The van der Waals surface area contributed by atoms with E-state index >= 15 is 0 Å². The number of nitrogens with zero attached hydrogens (tertiary/aromatic N) is 2. The summed E-state index contributed by atoms with van der Waals surface area (Å²) in [4.78, 5) is 18.4. The first-order valence-corrected chi connectivity index (χ1v) is 10.2. The number of carboxylic acids is 1. The van der Waals surface area contributed by atoms with Crippen molar-refractivity contribution in [2.24, 2.45) is 5.92 Å². The number of fused-ring (bicyclic) bond motifs is 1. The van der Waals surface area contributed by atoms with E-state index < -0.39 is 5.97 Å². The number of benzene rings is 2. The van der Waals surface area contributed by atoms with Crippen molar-refractivity contribution in [3.8, 4) is 5.75 Å². The van der Waals surface area contributed by atoms with Gasteiger partial charge in [0.05, 0.1) is 24.1 Å². The van der Waals surface area contributed by atoms with E-state index in [-0.39, 0.29) is 12.0 Å². The van der Waals surface area contributed by atoms with Gasteiger partial charge in [-0.1, -0.05) is 30.3 Å². The average Bonchev–Trinajstić information content (AvgIpc) is 2.76. The summed E-state index contributed by atoms with van der Waals surface area (Å²) in [5.74, 6) is -0.0761. The fourth-order valence-corrected chi connectivity index (χ4v) is 4.17. The lowest BCUT2D eigenvalue weighted by atomic mass is 9.91. The van der Waals surface area contributed by atoms with Crippen LogP contribution in [0.3, 0.4) is 0 Å². The minimum absolute atomic E-state index is 0.0394. The van der Waals surface area contributed by atoms with Crippen LogP contribution in [0.4, 0.5) is 0 Å². The second-order valence-corrected chi connectivity index (χ2v) is 7.51. The Morgan fingerprint density at radius 2 is 1.86 bits per heavy atom. The molecule has 0 saturated carbocycles. The van der Waals surface area contributed by atoms with Gasteiger partial charge in [0.25, 0.3) is 0 Å². The van der Waals surface area contributed by atoms with Crippen molar-refractivity contribution in [3.05, 3.63) is 71.9 Å². The number of aromatic nitrogens is 1. The first-order valence-electron chi connectivity index (χ1n) is 10.2. The molecule has 0 bridgehead atoms. The number of para-hydroxylation sites is 1. The van der Waals surface area contributed by atoms with E-state index in [1.807, 2.05) is 43.5 Å². The molecule has 1 aliphatic rings. The Hall–Kier alpha value is -2.92. The number of likely N-dealkylation sites (tertiary alicyclic amines) is 1. The highest BCUT2D eigenvalue weighted by molar-refractivity contribution is 5.79. The van der Waals surface area contributed by atoms with Gasteiger partial charge in [-0.25, -0.2) is 0 Å². The van der Waals surface area contributed by atoms with Crippen LogP contribution in [0.15, 0.2) is 60.8 Å². The van der Waals surface area contributed by atoms with Crippen molar-refractivity contribution >= 4 is 16.9 Å². The summed E-state index contributed by atoms with van der Waals surface area (Å²) >= 11 is 0. The van der Waals surface area contributed by atoms with Gasteiger partial charge in [-0.15, -0.1) is 0 Å². The monoisotopic (exact) mass is 390 g/mol. The molecule has 2 aromatic carbocycles. The molecule has 2 heterocycles. The summed E-state index contributed by atoms with van der Waals surface area (Å²) < 4.78 is 5.60. The van der Waals surface area contributed by atoms with E-state index in [1.54, 1.807) is 0 Å². The molecule has 150 valence electrons. The molecule has 29 heavy (non-hydrogen) atoms. The maximum atomic E-state index is 11.4. The number of rotatable bonds is 6. The van der Waals surface area contributed by atoms with Crippen LogP contribution in [0.25, 0.3) is 10.9 Å². The Morgan fingerprint density at radius 3 is 2.55 bits per heavy atom. The summed E-state index contributed by atoms with van der Waals surface area (Å²) in [6.45, 7) is 4.12. The topological polar surface area (TPSA) is 62.7 Å². The quantitative estimate of drug-likeness (QED) is 0.670. The van der Waals surface area contributed by atoms with Crippen LogP contribution in [-0.4, -0.2) is 40.7 Å². The first kappa shape index (κ1) is 19.4. The van der Waals surface area contributed by atoms with Crippen LogP contribution in [0, 0.1) is 5.92 Å². The Kier molecular flexibility index (Phi) is 5.76. The molecule has 1 fully saturated rings. The van der Waals surface area contributed by atoms with Gasteiger partial charge >= 0.3 is 5.97 Å². The normalized spacial score (nSPS) is 16.6. The molecular weight excluding hydrogens is 364 g/mol. The van der Waals surface area contributed by atoms with Crippen LogP contribution >= 0.6 is 0 Å². The predicted octanol–water partition coefficient (Wildman–Crippen LogP) is 4.52. The summed E-state index contributed by atoms with van der Waals surface area (Å²) in [6.07, 6.45) is 3.29. The van der Waals surface area contributed by atoms with Crippen LogP contribution in [-0.2, 0) is 4.79 Å². The zero-order valence-corrected chi connectivity index (χ0v) is 16.6. The second kappa shape index (κ2) is 8.62. The third-order valence-corrected chi connectivity index (χ3v) is 5.68. The molecule has 5 heteroatoms. The van der Waals surface area contributed by atoms with Crippen molar-refractivity contribution < 1.29 is 14.6 Å². The summed E-state index contributed by atoms with van der Waals surface area (Å²) in [7, 11) is 0. The molecule has 1 aromatic heterocycles. The lowest BCUT2D eigenvalue weighted by molar-refractivity contribution is -0.143. The van der Waals surface area contributed by atoms with E-state index in [1.165, 1.54) is 5.56 Å². The molecule has 0 aliphatic carbocycles. The molecule has 1 atom stereocenters. The van der Waals surface area contributed by atoms with Gasteiger partial charge < -0.3 is 9.84 Å². The van der Waals surface area contributed by atoms with Crippen molar-refractivity contribution in [3.63, 3.8) is 0 Å². The van der Waals surface area contributed by atoms with Gasteiger partial charge in [-0.3, -0.25) is 14.7 Å². The van der Waals surface area contributed by atoms with E-state index in [0.717, 1.165) is 35.3 Å². The molecule has 0 spiro atoms. The van der Waals surface area contributed by atoms with Crippen molar-refractivity contribution in [1.29, 1.82) is 0 Å². The Balaban J connectivity index is 1.69. The SMILES string of the molecule is CCOc1ccc(C(c2cnc3ccccc3c2)N2CCC(C(=O)O)CC2)cc1. The van der Waals surface area contributed by atoms with Gasteiger partial charge in [0.1, 0.15) is 5.75 Å². The van der Waals surface area contributed by atoms with Gasteiger partial charge in [0.2, 0.25) is 0 Å². The Labute approximate surface area is 170 Å². The third-order valence-electron chi connectivity index (χ3n) is 5.68. The second-order valence-electron chi connectivity index (χ2n) is 7.51. The molecule has 0 radical (unpaired) electrons. The van der Waals surface area contributed by atoms with Gasteiger partial charge in [0, 0.05) is 11.6 Å². The number of carboxylic acid groups (broad SMARTS) is 1. The summed E-state index contributed by atoms with van der Waals surface area (Å²) in [6, 6.07) is 18.6. The Bertz CT molecular complexity index is 979. The number of pyridine rings is 1. The lowest BCUT2D eigenvalue weighted by Crippen LogP contribution is -2.39. The third kappa shape index (κ3) is 4.25. The number of hydrogen-bond donors (Lipinski definition) is 1. The fourth-order valence-electron chi connectivity index (χ4n) is 4.17. The van der Waals surface area contributed by atoms with Crippen LogP contribution in [0.5, 0.6) is 5.75 Å². The molecule has 3 aromatic rings.